The molecular weight excluding hydrogens is 317 g/mol. The number of benzene rings is 1. The smallest absolute Gasteiger partial charge is 0.331 e. The average molecular weight is 325 g/mol. The highest BCUT2D eigenvalue weighted by atomic mass is 79.9. The maximum atomic E-state index is 10.8. The number of carbonyl (C=O) groups is 1. The van der Waals surface area contributed by atoms with Gasteiger partial charge in [0.15, 0.2) is 0 Å². The molecule has 0 unspecified atom stereocenters. The number of carbonyl (C=O) groups excluding carboxylic acids is 1. The van der Waals surface area contributed by atoms with Crippen LogP contribution in [0.15, 0.2) is 28.9 Å². The van der Waals surface area contributed by atoms with Gasteiger partial charge in [0.2, 0.25) is 0 Å². The molecule has 0 saturated heterocycles. The van der Waals surface area contributed by atoms with E-state index in [9.17, 15) is 4.79 Å². The molecular formula is C10H8BrCl2NO2. The first-order valence-electron chi connectivity index (χ1n) is 4.20. The van der Waals surface area contributed by atoms with Gasteiger partial charge in [-0.3, -0.25) is 0 Å². The summed E-state index contributed by atoms with van der Waals surface area (Å²) in [5, 5.41) is 3.71. The third-order valence-corrected chi connectivity index (χ3v) is 2.71. The molecule has 16 heavy (non-hydrogen) atoms. The Kier molecular flexibility index (Phi) is 5.12. The minimum Gasteiger partial charge on any atom is -0.466 e. The SMILES string of the molecule is COC(=O)/C=C/Nc1c(Cl)cc(Br)cc1Cl. The lowest BCUT2D eigenvalue weighted by molar-refractivity contribution is -0.134. The molecule has 0 aliphatic carbocycles. The van der Waals surface area contributed by atoms with Crippen molar-refractivity contribution in [2.75, 3.05) is 12.4 Å². The molecule has 0 saturated carbocycles. The van der Waals surface area contributed by atoms with Crippen LogP contribution in [0.3, 0.4) is 0 Å². The van der Waals surface area contributed by atoms with Crippen LogP contribution in [0.4, 0.5) is 5.69 Å². The Morgan fingerprint density at radius 3 is 2.50 bits per heavy atom. The number of methoxy groups -OCH3 is 1. The maximum absolute atomic E-state index is 10.8. The number of nitrogens with one attached hydrogen (secondary N) is 1. The molecule has 86 valence electrons. The molecule has 0 radical (unpaired) electrons. The maximum Gasteiger partial charge on any atom is 0.331 e. The predicted molar refractivity (Wildman–Crippen MR) is 68.9 cm³/mol. The van der Waals surface area contributed by atoms with Crippen LogP contribution >= 0.6 is 39.1 Å². The van der Waals surface area contributed by atoms with E-state index in [0.717, 1.165) is 4.47 Å². The highest BCUT2D eigenvalue weighted by Crippen LogP contribution is 2.33. The fourth-order valence-electron chi connectivity index (χ4n) is 0.941. The van der Waals surface area contributed by atoms with Gasteiger partial charge in [-0.1, -0.05) is 39.1 Å². The van der Waals surface area contributed by atoms with Crippen molar-refractivity contribution >= 4 is 50.8 Å². The van der Waals surface area contributed by atoms with Crippen LogP contribution in [0.2, 0.25) is 10.0 Å². The molecule has 0 fully saturated rings. The summed E-state index contributed by atoms with van der Waals surface area (Å²) in [6.07, 6.45) is 2.64. The summed E-state index contributed by atoms with van der Waals surface area (Å²) in [4.78, 5) is 10.8. The van der Waals surface area contributed by atoms with Gasteiger partial charge in [-0.05, 0) is 12.1 Å². The van der Waals surface area contributed by atoms with Gasteiger partial charge in [0.05, 0.1) is 22.8 Å². The Bertz CT molecular complexity index is 412. The minimum atomic E-state index is -0.461. The van der Waals surface area contributed by atoms with Gasteiger partial charge in [-0.25, -0.2) is 4.79 Å². The number of halogens is 3. The Hall–Kier alpha value is -0.710. The van der Waals surface area contributed by atoms with Crippen LogP contribution in [0.25, 0.3) is 0 Å². The lowest BCUT2D eigenvalue weighted by Crippen LogP contribution is -1.97. The van der Waals surface area contributed by atoms with Crippen molar-refractivity contribution in [1.82, 2.24) is 0 Å². The van der Waals surface area contributed by atoms with E-state index in [1.807, 2.05) is 0 Å². The van der Waals surface area contributed by atoms with Crippen LogP contribution in [0, 0.1) is 0 Å². The Morgan fingerprint density at radius 1 is 1.44 bits per heavy atom. The molecule has 0 spiro atoms. The molecule has 0 amide bonds. The topological polar surface area (TPSA) is 38.3 Å². The molecule has 3 nitrogen and oxygen atoms in total. The van der Waals surface area contributed by atoms with Crippen molar-refractivity contribution in [3.63, 3.8) is 0 Å². The van der Waals surface area contributed by atoms with E-state index in [2.05, 4.69) is 26.0 Å². The molecule has 0 bridgehead atoms. The van der Waals surface area contributed by atoms with Crippen LogP contribution in [0.5, 0.6) is 0 Å². The van der Waals surface area contributed by atoms with Crippen molar-refractivity contribution in [2.24, 2.45) is 0 Å². The van der Waals surface area contributed by atoms with E-state index in [0.29, 0.717) is 15.7 Å². The Labute approximate surface area is 112 Å². The standard InChI is InChI=1S/C10H8BrCl2NO2/c1-16-9(15)2-3-14-10-7(12)4-6(11)5-8(10)13/h2-5,14H,1H3/b3-2+. The molecule has 6 heteroatoms. The summed E-state index contributed by atoms with van der Waals surface area (Å²) in [7, 11) is 1.30. The molecule has 0 atom stereocenters. The fourth-order valence-corrected chi connectivity index (χ4v) is 2.26. The number of esters is 1. The van der Waals surface area contributed by atoms with Crippen LogP contribution < -0.4 is 5.32 Å². The first kappa shape index (κ1) is 13.4. The normalized spacial score (nSPS) is 10.5. The first-order valence-corrected chi connectivity index (χ1v) is 5.75. The Morgan fingerprint density at radius 2 is 2.00 bits per heavy atom. The van der Waals surface area contributed by atoms with E-state index in [-0.39, 0.29) is 0 Å². The third kappa shape index (κ3) is 3.70. The molecule has 0 heterocycles. The molecule has 1 rings (SSSR count). The van der Waals surface area contributed by atoms with Gasteiger partial charge in [0.25, 0.3) is 0 Å². The molecule has 0 aromatic heterocycles. The number of ether oxygens (including phenoxy) is 1. The summed E-state index contributed by atoms with van der Waals surface area (Å²) in [6, 6.07) is 3.39. The molecule has 0 aliphatic rings. The van der Waals surface area contributed by atoms with E-state index < -0.39 is 5.97 Å². The molecule has 0 aliphatic heterocycles. The number of hydrogen-bond acceptors (Lipinski definition) is 3. The first-order chi connectivity index (χ1) is 7.54. The van der Waals surface area contributed by atoms with Crippen molar-refractivity contribution in [3.8, 4) is 0 Å². The Balaban J connectivity index is 2.82. The molecule has 1 aromatic rings. The van der Waals surface area contributed by atoms with E-state index >= 15 is 0 Å². The van der Waals surface area contributed by atoms with Gasteiger partial charge < -0.3 is 10.1 Å². The second-order valence-corrected chi connectivity index (χ2v) is 4.48. The lowest BCUT2D eigenvalue weighted by Gasteiger charge is -2.06. The highest BCUT2D eigenvalue weighted by Gasteiger charge is 2.05. The molecule has 1 aromatic carbocycles. The van der Waals surface area contributed by atoms with Crippen LogP contribution in [0.1, 0.15) is 0 Å². The predicted octanol–water partition coefficient (Wildman–Crippen LogP) is 3.85. The van der Waals surface area contributed by atoms with E-state index in [4.69, 9.17) is 23.2 Å². The highest BCUT2D eigenvalue weighted by molar-refractivity contribution is 9.10. The molecule has 1 N–H and O–H groups in total. The van der Waals surface area contributed by atoms with Crippen molar-refractivity contribution < 1.29 is 9.53 Å². The quantitative estimate of drug-likeness (QED) is 0.678. The van der Waals surface area contributed by atoms with Gasteiger partial charge in [0, 0.05) is 16.7 Å². The van der Waals surface area contributed by atoms with Gasteiger partial charge >= 0.3 is 5.97 Å². The largest absolute Gasteiger partial charge is 0.466 e. The fraction of sp³-hybridized carbons (Fsp3) is 0.100. The second-order valence-electron chi connectivity index (χ2n) is 2.75. The average Bonchev–Trinajstić information content (AvgIpc) is 2.21. The van der Waals surface area contributed by atoms with Crippen molar-refractivity contribution in [3.05, 3.63) is 38.9 Å². The number of anilines is 1. The number of rotatable bonds is 3. The summed E-state index contributed by atoms with van der Waals surface area (Å²) in [5.41, 5.74) is 0.534. The summed E-state index contributed by atoms with van der Waals surface area (Å²) in [5.74, 6) is -0.461. The van der Waals surface area contributed by atoms with E-state index in [1.54, 1.807) is 12.1 Å². The van der Waals surface area contributed by atoms with Gasteiger partial charge in [0.1, 0.15) is 0 Å². The van der Waals surface area contributed by atoms with E-state index in [1.165, 1.54) is 19.4 Å². The number of hydrogen-bond donors (Lipinski definition) is 1. The zero-order valence-corrected chi connectivity index (χ0v) is 11.4. The summed E-state index contributed by atoms with van der Waals surface area (Å²) >= 11 is 15.2. The zero-order valence-electron chi connectivity index (χ0n) is 8.26. The lowest BCUT2D eigenvalue weighted by atomic mass is 10.3. The third-order valence-electron chi connectivity index (χ3n) is 1.66. The second kappa shape index (κ2) is 6.13. The van der Waals surface area contributed by atoms with Crippen molar-refractivity contribution in [2.45, 2.75) is 0 Å². The monoisotopic (exact) mass is 323 g/mol. The summed E-state index contributed by atoms with van der Waals surface area (Å²) in [6.45, 7) is 0. The zero-order chi connectivity index (χ0) is 12.1. The van der Waals surface area contributed by atoms with Gasteiger partial charge in [-0.2, -0.15) is 0 Å². The van der Waals surface area contributed by atoms with Crippen LogP contribution in [-0.4, -0.2) is 13.1 Å². The van der Waals surface area contributed by atoms with Crippen LogP contribution in [-0.2, 0) is 9.53 Å². The van der Waals surface area contributed by atoms with Gasteiger partial charge in [-0.15, -0.1) is 0 Å². The summed E-state index contributed by atoms with van der Waals surface area (Å²) < 4.78 is 5.21. The minimum absolute atomic E-state index is 0.453. The van der Waals surface area contributed by atoms with Crippen molar-refractivity contribution in [1.29, 1.82) is 0 Å².